The molecule has 1 aromatic rings. The Balaban J connectivity index is 0. The molecule has 1 rings (SSSR count). The molecule has 0 fully saturated rings. The smallest absolute Gasteiger partial charge is 0.756 e. The van der Waals surface area contributed by atoms with Crippen molar-refractivity contribution in [3.8, 4) is 5.75 Å². The Labute approximate surface area is 131 Å². The number of nitrogens with two attached hydrogens (primary N) is 1. The van der Waals surface area contributed by atoms with Gasteiger partial charge in [-0.25, -0.2) is 0 Å². The minimum atomic E-state index is -4.89. The zero-order valence-corrected chi connectivity index (χ0v) is 13.0. The average molecular weight is 301 g/mol. The molecule has 0 spiro atoms. The fraction of sp³-hybridized carbons (Fsp3) is 0.222. The first-order chi connectivity index (χ1) is 8.11. The number of hydrogen-bond acceptors (Lipinski definition) is 5. The Bertz CT molecular complexity index is 442. The van der Waals surface area contributed by atoms with E-state index >= 15 is 0 Å². The van der Waals surface area contributed by atoms with Crippen molar-refractivity contribution in [2.75, 3.05) is 0 Å². The Morgan fingerprint density at radius 3 is 2.16 bits per heavy atom. The second-order valence-electron chi connectivity index (χ2n) is 3.27. The van der Waals surface area contributed by atoms with Gasteiger partial charge in [0.05, 0.1) is 0 Å². The predicted molar refractivity (Wildman–Crippen MR) is 59.5 cm³/mol. The first kappa shape index (κ1) is 20.9. The molecule has 0 amide bonds. The molecule has 0 saturated heterocycles. The molecule has 102 valence electrons. The number of phenolic OH excluding ortho intramolecular Hbond substituents is 1. The van der Waals surface area contributed by atoms with Gasteiger partial charge in [0.1, 0.15) is 11.8 Å². The number of phenols is 1. The molecular formula is C9H13NNaO7P. The standard InChI is InChI=1S/C9H11NO3.Na.H3O4P/c10-7(9(12)13)5-6-3-1-2-4-8(6)11;;1-5(2,3)4/h1-4,7,11H,5,10H2,(H,12,13);;(H3,1,2,3,4)/q;+1;/p-1. The molecule has 0 aliphatic carbocycles. The van der Waals surface area contributed by atoms with Crippen LogP contribution in [0.3, 0.4) is 0 Å². The minimum absolute atomic E-state index is 0. The molecule has 1 aromatic carbocycles. The molecule has 0 bridgehead atoms. The number of aromatic hydroxyl groups is 1. The fourth-order valence-electron chi connectivity index (χ4n) is 1.01. The van der Waals surface area contributed by atoms with Crippen LogP contribution in [0.5, 0.6) is 5.75 Å². The third kappa shape index (κ3) is 12.3. The van der Waals surface area contributed by atoms with Crippen molar-refractivity contribution >= 4 is 13.8 Å². The molecule has 0 aromatic heterocycles. The maximum absolute atomic E-state index is 10.4. The van der Waals surface area contributed by atoms with Gasteiger partial charge in [-0.3, -0.25) is 9.36 Å². The van der Waals surface area contributed by atoms with Crippen molar-refractivity contribution in [2.45, 2.75) is 12.5 Å². The summed E-state index contributed by atoms with van der Waals surface area (Å²) in [6, 6.07) is 5.59. The zero-order chi connectivity index (χ0) is 14.3. The van der Waals surface area contributed by atoms with Gasteiger partial charge in [0.15, 0.2) is 0 Å². The molecule has 0 heterocycles. The van der Waals surface area contributed by atoms with Gasteiger partial charge in [-0.1, -0.05) is 18.2 Å². The summed E-state index contributed by atoms with van der Waals surface area (Å²) >= 11 is 0. The SMILES string of the molecule is NC(Cc1ccccc1O)C(=O)O.O=P([O-])(O)O.[Na+]. The summed E-state index contributed by atoms with van der Waals surface area (Å²) in [5.41, 5.74) is 5.86. The average Bonchev–Trinajstić information content (AvgIpc) is 2.18. The summed E-state index contributed by atoms with van der Waals surface area (Å²) < 4.78 is 8.77. The minimum Gasteiger partial charge on any atom is -0.756 e. The van der Waals surface area contributed by atoms with Gasteiger partial charge in [0, 0.05) is 6.42 Å². The van der Waals surface area contributed by atoms with Gasteiger partial charge < -0.3 is 30.6 Å². The monoisotopic (exact) mass is 301 g/mol. The molecule has 19 heavy (non-hydrogen) atoms. The first-order valence-corrected chi connectivity index (χ1v) is 6.16. The van der Waals surface area contributed by atoms with Crippen molar-refractivity contribution in [1.29, 1.82) is 0 Å². The largest absolute Gasteiger partial charge is 1.00 e. The number of carbonyl (C=O) groups is 1. The van der Waals surface area contributed by atoms with Crippen LogP contribution in [0, 0.1) is 0 Å². The Morgan fingerprint density at radius 2 is 1.79 bits per heavy atom. The van der Waals surface area contributed by atoms with Crippen molar-refractivity contribution in [3.63, 3.8) is 0 Å². The Hall–Kier alpha value is -0.440. The fourth-order valence-corrected chi connectivity index (χ4v) is 1.01. The van der Waals surface area contributed by atoms with Crippen LogP contribution < -0.4 is 40.2 Å². The van der Waals surface area contributed by atoms with Gasteiger partial charge in [0.25, 0.3) is 7.82 Å². The number of carboxylic acid groups (broad SMARTS) is 1. The number of aliphatic carboxylic acids is 1. The Kier molecular flexibility index (Phi) is 10.4. The van der Waals surface area contributed by atoms with Crippen LogP contribution in [0.4, 0.5) is 0 Å². The maximum Gasteiger partial charge on any atom is 1.00 e. The van der Waals surface area contributed by atoms with Crippen molar-refractivity contribution in [2.24, 2.45) is 5.73 Å². The third-order valence-electron chi connectivity index (χ3n) is 1.75. The van der Waals surface area contributed by atoms with Crippen LogP contribution >= 0.6 is 7.82 Å². The second-order valence-corrected chi connectivity index (χ2v) is 4.25. The van der Waals surface area contributed by atoms with E-state index in [4.69, 9.17) is 30.1 Å². The van der Waals surface area contributed by atoms with E-state index in [1.165, 1.54) is 6.07 Å². The number of phosphoric acid groups is 1. The molecule has 0 radical (unpaired) electrons. The van der Waals surface area contributed by atoms with Crippen molar-refractivity contribution < 1.29 is 63.8 Å². The van der Waals surface area contributed by atoms with Gasteiger partial charge in [-0.15, -0.1) is 0 Å². The molecular weight excluding hydrogens is 288 g/mol. The van der Waals surface area contributed by atoms with Gasteiger partial charge in [0.2, 0.25) is 0 Å². The second kappa shape index (κ2) is 9.46. The van der Waals surface area contributed by atoms with Crippen LogP contribution in [0.1, 0.15) is 5.56 Å². The number of para-hydroxylation sites is 1. The predicted octanol–water partition coefficient (Wildman–Crippen LogP) is -4.21. The summed E-state index contributed by atoms with van der Waals surface area (Å²) in [5, 5.41) is 17.8. The van der Waals surface area contributed by atoms with Gasteiger partial charge in [-0.2, -0.15) is 0 Å². The van der Waals surface area contributed by atoms with Crippen LogP contribution in [0.15, 0.2) is 24.3 Å². The van der Waals surface area contributed by atoms with E-state index in [0.717, 1.165) is 0 Å². The Morgan fingerprint density at radius 1 is 1.37 bits per heavy atom. The molecule has 6 N–H and O–H groups in total. The normalized spacial score (nSPS) is 11.6. The first-order valence-electron chi connectivity index (χ1n) is 4.63. The molecule has 10 heteroatoms. The number of benzene rings is 1. The topological polar surface area (TPSA) is 164 Å². The quantitative estimate of drug-likeness (QED) is 0.277. The van der Waals surface area contributed by atoms with E-state index in [9.17, 15) is 9.90 Å². The summed E-state index contributed by atoms with van der Waals surface area (Å²) in [6.07, 6.45) is 0.141. The van der Waals surface area contributed by atoms with Crippen molar-refractivity contribution in [1.82, 2.24) is 0 Å². The number of carboxylic acids is 1. The summed E-state index contributed by atoms with van der Waals surface area (Å²) in [4.78, 5) is 33.3. The summed E-state index contributed by atoms with van der Waals surface area (Å²) in [7, 11) is -4.89. The molecule has 0 aliphatic heterocycles. The summed E-state index contributed by atoms with van der Waals surface area (Å²) in [6.45, 7) is 0. The number of rotatable bonds is 3. The zero-order valence-electron chi connectivity index (χ0n) is 10.1. The van der Waals surface area contributed by atoms with Crippen LogP contribution in [0.25, 0.3) is 0 Å². The van der Waals surface area contributed by atoms with Gasteiger partial charge in [-0.05, 0) is 11.6 Å². The van der Waals surface area contributed by atoms with Crippen LogP contribution in [-0.4, -0.2) is 32.0 Å². The van der Waals surface area contributed by atoms with Crippen LogP contribution in [-0.2, 0) is 15.8 Å². The third-order valence-corrected chi connectivity index (χ3v) is 1.75. The van der Waals surface area contributed by atoms with E-state index in [2.05, 4.69) is 0 Å². The van der Waals surface area contributed by atoms with Gasteiger partial charge >= 0.3 is 35.5 Å². The number of hydrogen-bond donors (Lipinski definition) is 5. The summed E-state index contributed by atoms with van der Waals surface area (Å²) in [5.74, 6) is -0.984. The van der Waals surface area contributed by atoms with Crippen LogP contribution in [0.2, 0.25) is 0 Å². The van der Waals surface area contributed by atoms with E-state index in [1.807, 2.05) is 0 Å². The molecule has 0 saturated carbocycles. The van der Waals surface area contributed by atoms with E-state index < -0.39 is 19.8 Å². The molecule has 1 atom stereocenters. The molecule has 8 nitrogen and oxygen atoms in total. The van der Waals surface area contributed by atoms with E-state index in [1.54, 1.807) is 18.2 Å². The molecule has 0 aliphatic rings. The van der Waals surface area contributed by atoms with E-state index in [0.29, 0.717) is 5.56 Å². The van der Waals surface area contributed by atoms with E-state index in [-0.39, 0.29) is 41.7 Å². The van der Waals surface area contributed by atoms with Crippen molar-refractivity contribution in [3.05, 3.63) is 29.8 Å². The molecule has 1 unspecified atom stereocenters. The maximum atomic E-state index is 10.4.